The minimum atomic E-state index is -0.537. The third-order valence-electron chi connectivity index (χ3n) is 1.76. The lowest BCUT2D eigenvalue weighted by Crippen LogP contribution is -2.27. The van der Waals surface area contributed by atoms with E-state index >= 15 is 0 Å². The largest absolute Gasteiger partial charge is 0.393 e. The van der Waals surface area contributed by atoms with E-state index in [9.17, 15) is 4.79 Å². The number of rotatable bonds is 6. The van der Waals surface area contributed by atoms with Crippen molar-refractivity contribution < 1.29 is 9.90 Å². The van der Waals surface area contributed by atoms with Crippen molar-refractivity contribution in [3.05, 3.63) is 0 Å². The zero-order valence-electron chi connectivity index (χ0n) is 8.84. The molecule has 0 aliphatic carbocycles. The van der Waals surface area contributed by atoms with Crippen LogP contribution in [0.4, 0.5) is 0 Å². The molecule has 3 nitrogen and oxygen atoms in total. The Hall–Kier alpha value is -0.570. The molecule has 0 aromatic heterocycles. The second kappa shape index (κ2) is 6.89. The fourth-order valence-electron chi connectivity index (χ4n) is 1.08. The van der Waals surface area contributed by atoms with Crippen molar-refractivity contribution in [3.63, 3.8) is 0 Å². The molecule has 1 atom stereocenters. The molecule has 3 heteroatoms. The number of nitrogens with one attached hydrogen (secondary N) is 1. The van der Waals surface area contributed by atoms with Crippen LogP contribution in [-0.2, 0) is 4.79 Å². The Morgan fingerprint density at radius 1 is 1.38 bits per heavy atom. The van der Waals surface area contributed by atoms with Gasteiger partial charge in [-0.15, -0.1) is 0 Å². The summed E-state index contributed by atoms with van der Waals surface area (Å²) in [6.07, 6.45) is 1.82. The Labute approximate surface area is 80.5 Å². The predicted octanol–water partition coefficient (Wildman–Crippen LogP) is 1.31. The Bertz CT molecular complexity index is 144. The number of carbonyl (C=O) groups excluding carboxylic acids is 1. The molecule has 0 fully saturated rings. The van der Waals surface area contributed by atoms with Crippen LogP contribution in [0.5, 0.6) is 0 Å². The van der Waals surface area contributed by atoms with Gasteiger partial charge in [-0.1, -0.05) is 13.8 Å². The van der Waals surface area contributed by atoms with Gasteiger partial charge in [0.2, 0.25) is 5.91 Å². The molecule has 0 radical (unpaired) electrons. The zero-order valence-corrected chi connectivity index (χ0v) is 8.84. The quantitative estimate of drug-likeness (QED) is 0.616. The van der Waals surface area contributed by atoms with E-state index in [2.05, 4.69) is 19.2 Å². The summed E-state index contributed by atoms with van der Waals surface area (Å²) < 4.78 is 0. The third kappa shape index (κ3) is 9.34. The molecular formula is C10H21NO2. The van der Waals surface area contributed by atoms with E-state index in [4.69, 9.17) is 5.11 Å². The first-order valence-corrected chi connectivity index (χ1v) is 4.97. The molecule has 78 valence electrons. The Morgan fingerprint density at radius 2 is 2.00 bits per heavy atom. The van der Waals surface area contributed by atoms with Crippen molar-refractivity contribution in [1.82, 2.24) is 5.32 Å². The van der Waals surface area contributed by atoms with E-state index in [1.807, 2.05) is 0 Å². The first-order chi connectivity index (χ1) is 6.02. The van der Waals surface area contributed by atoms with Crippen molar-refractivity contribution in [2.24, 2.45) is 5.92 Å². The van der Waals surface area contributed by atoms with Crippen molar-refractivity contribution >= 4 is 5.91 Å². The predicted molar refractivity (Wildman–Crippen MR) is 53.4 cm³/mol. The number of hydrogen-bond acceptors (Lipinski definition) is 2. The van der Waals surface area contributed by atoms with E-state index in [-0.39, 0.29) is 12.3 Å². The van der Waals surface area contributed by atoms with Gasteiger partial charge < -0.3 is 10.4 Å². The van der Waals surface area contributed by atoms with Crippen LogP contribution in [0.25, 0.3) is 0 Å². The maximum atomic E-state index is 11.0. The summed E-state index contributed by atoms with van der Waals surface area (Å²) >= 11 is 0. The molecule has 13 heavy (non-hydrogen) atoms. The Kier molecular flexibility index (Phi) is 6.59. The summed E-state index contributed by atoms with van der Waals surface area (Å²) in [7, 11) is 0. The smallest absolute Gasteiger partial charge is 0.222 e. The van der Waals surface area contributed by atoms with Crippen LogP contribution in [0.15, 0.2) is 0 Å². The lowest BCUT2D eigenvalue weighted by atomic mass is 10.1. The molecule has 0 aliphatic heterocycles. The van der Waals surface area contributed by atoms with E-state index in [0.29, 0.717) is 5.92 Å². The van der Waals surface area contributed by atoms with Crippen molar-refractivity contribution in [1.29, 1.82) is 0 Å². The molecule has 0 aromatic carbocycles. The van der Waals surface area contributed by atoms with Crippen LogP contribution in [0.2, 0.25) is 0 Å². The van der Waals surface area contributed by atoms with Gasteiger partial charge in [0.15, 0.2) is 0 Å². The maximum absolute atomic E-state index is 11.0. The van der Waals surface area contributed by atoms with Gasteiger partial charge in [0.05, 0.1) is 12.5 Å². The highest BCUT2D eigenvalue weighted by Crippen LogP contribution is 2.01. The van der Waals surface area contributed by atoms with E-state index in [1.54, 1.807) is 6.92 Å². The van der Waals surface area contributed by atoms with Gasteiger partial charge in [-0.25, -0.2) is 0 Å². The Morgan fingerprint density at radius 3 is 2.46 bits per heavy atom. The molecule has 0 saturated carbocycles. The van der Waals surface area contributed by atoms with Crippen LogP contribution in [0.3, 0.4) is 0 Å². The van der Waals surface area contributed by atoms with Gasteiger partial charge in [0.25, 0.3) is 0 Å². The summed E-state index contributed by atoms with van der Waals surface area (Å²) in [5.41, 5.74) is 0. The summed E-state index contributed by atoms with van der Waals surface area (Å²) in [5, 5.41) is 11.7. The van der Waals surface area contributed by atoms with E-state index in [0.717, 1.165) is 19.4 Å². The first kappa shape index (κ1) is 12.4. The number of amides is 1. The average Bonchev–Trinajstić information content (AvgIpc) is 1.96. The van der Waals surface area contributed by atoms with Crippen LogP contribution < -0.4 is 5.32 Å². The molecule has 0 aliphatic rings. The van der Waals surface area contributed by atoms with Crippen molar-refractivity contribution in [3.8, 4) is 0 Å². The maximum Gasteiger partial charge on any atom is 0.222 e. The fourth-order valence-corrected chi connectivity index (χ4v) is 1.08. The summed E-state index contributed by atoms with van der Waals surface area (Å²) in [5.74, 6) is 0.632. The molecule has 0 aromatic rings. The summed E-state index contributed by atoms with van der Waals surface area (Å²) in [6, 6.07) is 0. The lowest BCUT2D eigenvalue weighted by Gasteiger charge is -2.07. The molecule has 0 spiro atoms. The fraction of sp³-hybridized carbons (Fsp3) is 0.900. The minimum absolute atomic E-state index is 0.0567. The van der Waals surface area contributed by atoms with Gasteiger partial charge >= 0.3 is 0 Å². The van der Waals surface area contributed by atoms with Crippen molar-refractivity contribution in [2.75, 3.05) is 6.54 Å². The summed E-state index contributed by atoms with van der Waals surface area (Å²) in [6.45, 7) is 6.67. The lowest BCUT2D eigenvalue weighted by molar-refractivity contribution is -0.122. The molecule has 0 rings (SSSR count). The molecule has 0 heterocycles. The van der Waals surface area contributed by atoms with Gasteiger partial charge in [0, 0.05) is 6.54 Å². The highest BCUT2D eigenvalue weighted by atomic mass is 16.3. The highest BCUT2D eigenvalue weighted by molar-refractivity contribution is 5.76. The zero-order chi connectivity index (χ0) is 10.3. The third-order valence-corrected chi connectivity index (χ3v) is 1.76. The highest BCUT2D eigenvalue weighted by Gasteiger charge is 2.04. The molecule has 1 unspecified atom stereocenters. The first-order valence-electron chi connectivity index (χ1n) is 4.97. The van der Waals surface area contributed by atoms with Crippen molar-refractivity contribution in [2.45, 2.75) is 46.1 Å². The second-order valence-electron chi connectivity index (χ2n) is 3.94. The number of aliphatic hydroxyl groups is 1. The van der Waals surface area contributed by atoms with Crippen LogP contribution in [-0.4, -0.2) is 23.7 Å². The molecule has 2 N–H and O–H groups in total. The van der Waals surface area contributed by atoms with Crippen LogP contribution >= 0.6 is 0 Å². The van der Waals surface area contributed by atoms with Gasteiger partial charge in [0.1, 0.15) is 0 Å². The number of hydrogen-bond donors (Lipinski definition) is 2. The Balaban J connectivity index is 3.27. The monoisotopic (exact) mass is 187 g/mol. The van der Waals surface area contributed by atoms with E-state index < -0.39 is 6.10 Å². The number of aliphatic hydroxyl groups excluding tert-OH is 1. The minimum Gasteiger partial charge on any atom is -0.393 e. The molecule has 0 saturated heterocycles. The second-order valence-corrected chi connectivity index (χ2v) is 3.94. The molecule has 1 amide bonds. The molecule has 0 bridgehead atoms. The average molecular weight is 187 g/mol. The molecular weight excluding hydrogens is 166 g/mol. The van der Waals surface area contributed by atoms with Gasteiger partial charge in [-0.05, 0) is 25.7 Å². The normalized spacial score (nSPS) is 13.0. The van der Waals surface area contributed by atoms with Gasteiger partial charge in [-0.3, -0.25) is 4.79 Å². The SMILES string of the molecule is CC(C)CCCNC(=O)CC(C)O. The summed E-state index contributed by atoms with van der Waals surface area (Å²) in [4.78, 5) is 11.0. The van der Waals surface area contributed by atoms with Crippen LogP contribution in [0, 0.1) is 5.92 Å². The topological polar surface area (TPSA) is 49.3 Å². The van der Waals surface area contributed by atoms with E-state index in [1.165, 1.54) is 0 Å². The van der Waals surface area contributed by atoms with Gasteiger partial charge in [-0.2, -0.15) is 0 Å². The standard InChI is InChI=1S/C10H21NO2/c1-8(2)5-4-6-11-10(13)7-9(3)12/h8-9,12H,4-7H2,1-3H3,(H,11,13). The number of carbonyl (C=O) groups is 1. The van der Waals surface area contributed by atoms with Crippen LogP contribution in [0.1, 0.15) is 40.0 Å².